The first kappa shape index (κ1) is 15.0. The van der Waals surface area contributed by atoms with Gasteiger partial charge in [0.15, 0.2) is 0 Å². The Bertz CT molecular complexity index is 410. The molecule has 0 aliphatic carbocycles. The summed E-state index contributed by atoms with van der Waals surface area (Å²) in [6, 6.07) is 0. The van der Waals surface area contributed by atoms with E-state index in [1.807, 2.05) is 20.8 Å². The maximum Gasteiger partial charge on any atom is 0.267 e. The van der Waals surface area contributed by atoms with Gasteiger partial charge in [-0.15, -0.1) is 5.10 Å². The SMILES string of the molecule is CC(O)CCN(C)C(=O)c1snnc1C(C)(C)C. The molecule has 6 heteroatoms. The number of hydrogen-bond acceptors (Lipinski definition) is 5. The fourth-order valence-corrected chi connectivity index (χ4v) is 2.35. The molecule has 1 rings (SSSR count). The van der Waals surface area contributed by atoms with E-state index in [2.05, 4.69) is 9.59 Å². The summed E-state index contributed by atoms with van der Waals surface area (Å²) in [6.07, 6.45) is 0.168. The summed E-state index contributed by atoms with van der Waals surface area (Å²) < 4.78 is 3.88. The van der Waals surface area contributed by atoms with Crippen molar-refractivity contribution in [2.75, 3.05) is 13.6 Å². The maximum atomic E-state index is 12.3. The summed E-state index contributed by atoms with van der Waals surface area (Å²) in [7, 11) is 1.73. The zero-order valence-electron chi connectivity index (χ0n) is 11.6. The summed E-state index contributed by atoms with van der Waals surface area (Å²) in [5.41, 5.74) is 0.546. The van der Waals surface area contributed by atoms with Crippen molar-refractivity contribution in [1.29, 1.82) is 0 Å². The number of aliphatic hydroxyl groups is 1. The molecule has 1 atom stereocenters. The van der Waals surface area contributed by atoms with Crippen LogP contribution in [0.25, 0.3) is 0 Å². The second-order valence-electron chi connectivity index (χ2n) is 5.57. The van der Waals surface area contributed by atoms with Crippen LogP contribution in [0.2, 0.25) is 0 Å². The number of amides is 1. The van der Waals surface area contributed by atoms with E-state index in [9.17, 15) is 9.90 Å². The van der Waals surface area contributed by atoms with Crippen LogP contribution in [0.15, 0.2) is 0 Å². The molecule has 0 spiro atoms. The predicted molar refractivity (Wildman–Crippen MR) is 71.9 cm³/mol. The van der Waals surface area contributed by atoms with Gasteiger partial charge in [-0.1, -0.05) is 25.3 Å². The zero-order valence-corrected chi connectivity index (χ0v) is 12.4. The molecule has 1 heterocycles. The molecule has 1 N–H and O–H groups in total. The Labute approximate surface area is 112 Å². The van der Waals surface area contributed by atoms with E-state index < -0.39 is 6.10 Å². The topological polar surface area (TPSA) is 66.3 Å². The molecule has 0 saturated heterocycles. The molecule has 102 valence electrons. The summed E-state index contributed by atoms with van der Waals surface area (Å²) in [6.45, 7) is 8.27. The highest BCUT2D eigenvalue weighted by Crippen LogP contribution is 2.26. The average Bonchev–Trinajstić information content (AvgIpc) is 2.72. The van der Waals surface area contributed by atoms with Gasteiger partial charge in [0.1, 0.15) is 4.88 Å². The van der Waals surface area contributed by atoms with Crippen molar-refractivity contribution in [2.45, 2.75) is 45.6 Å². The highest BCUT2D eigenvalue weighted by molar-refractivity contribution is 7.08. The average molecular weight is 271 g/mol. The van der Waals surface area contributed by atoms with Crippen LogP contribution in [-0.2, 0) is 5.41 Å². The molecule has 0 aliphatic heterocycles. The van der Waals surface area contributed by atoms with Crippen LogP contribution in [0.5, 0.6) is 0 Å². The molecule has 0 aliphatic rings. The number of aliphatic hydroxyl groups excluding tert-OH is 1. The molecule has 1 amide bonds. The van der Waals surface area contributed by atoms with E-state index in [0.717, 1.165) is 17.2 Å². The molecule has 5 nitrogen and oxygen atoms in total. The predicted octanol–water partition coefficient (Wildman–Crippen LogP) is 1.68. The minimum atomic E-state index is -0.401. The van der Waals surface area contributed by atoms with E-state index in [4.69, 9.17) is 0 Å². The van der Waals surface area contributed by atoms with Gasteiger partial charge in [0.05, 0.1) is 11.8 Å². The zero-order chi connectivity index (χ0) is 13.9. The van der Waals surface area contributed by atoms with Crippen LogP contribution in [-0.4, -0.2) is 45.2 Å². The van der Waals surface area contributed by atoms with E-state index in [-0.39, 0.29) is 11.3 Å². The number of hydrogen-bond donors (Lipinski definition) is 1. The summed E-state index contributed by atoms with van der Waals surface area (Å²) >= 11 is 1.13. The van der Waals surface area contributed by atoms with Crippen molar-refractivity contribution in [3.8, 4) is 0 Å². The van der Waals surface area contributed by atoms with Crippen molar-refractivity contribution >= 4 is 17.4 Å². The molecule has 18 heavy (non-hydrogen) atoms. The van der Waals surface area contributed by atoms with Crippen molar-refractivity contribution < 1.29 is 9.90 Å². The quantitative estimate of drug-likeness (QED) is 0.904. The first-order valence-corrected chi connectivity index (χ1v) is 6.77. The Morgan fingerprint density at radius 1 is 1.50 bits per heavy atom. The monoisotopic (exact) mass is 271 g/mol. The van der Waals surface area contributed by atoms with E-state index in [0.29, 0.717) is 17.8 Å². The van der Waals surface area contributed by atoms with Crippen LogP contribution < -0.4 is 0 Å². The van der Waals surface area contributed by atoms with E-state index in [1.165, 1.54) is 0 Å². The molecule has 0 saturated carbocycles. The number of rotatable bonds is 4. The molecular weight excluding hydrogens is 250 g/mol. The minimum Gasteiger partial charge on any atom is -0.393 e. The van der Waals surface area contributed by atoms with Gasteiger partial charge < -0.3 is 10.0 Å². The van der Waals surface area contributed by atoms with E-state index in [1.54, 1.807) is 18.9 Å². The molecule has 0 fully saturated rings. The van der Waals surface area contributed by atoms with Gasteiger partial charge in [-0.2, -0.15) is 0 Å². The van der Waals surface area contributed by atoms with Crippen molar-refractivity contribution in [3.63, 3.8) is 0 Å². The second-order valence-corrected chi connectivity index (χ2v) is 6.32. The number of carbonyl (C=O) groups is 1. The highest BCUT2D eigenvalue weighted by Gasteiger charge is 2.27. The lowest BCUT2D eigenvalue weighted by atomic mass is 9.91. The first-order valence-electron chi connectivity index (χ1n) is 6.00. The Kier molecular flexibility index (Phi) is 4.81. The molecule has 1 aromatic rings. The Hall–Kier alpha value is -1.01. The van der Waals surface area contributed by atoms with Gasteiger partial charge in [-0.25, -0.2) is 0 Å². The molecule has 1 unspecified atom stereocenters. The third-order valence-electron chi connectivity index (χ3n) is 2.62. The largest absolute Gasteiger partial charge is 0.393 e. The Morgan fingerprint density at radius 3 is 2.61 bits per heavy atom. The Balaban J connectivity index is 2.81. The molecule has 0 aromatic carbocycles. The van der Waals surface area contributed by atoms with Crippen LogP contribution in [0.4, 0.5) is 0 Å². The lowest BCUT2D eigenvalue weighted by Crippen LogP contribution is -2.30. The van der Waals surface area contributed by atoms with Gasteiger partial charge >= 0.3 is 0 Å². The maximum absolute atomic E-state index is 12.3. The van der Waals surface area contributed by atoms with Gasteiger partial charge in [-0.3, -0.25) is 4.79 Å². The number of nitrogens with zero attached hydrogens (tertiary/aromatic N) is 3. The minimum absolute atomic E-state index is 0.0735. The summed E-state index contributed by atoms with van der Waals surface area (Å²) in [5, 5.41) is 13.3. The Morgan fingerprint density at radius 2 is 2.11 bits per heavy atom. The standard InChI is InChI=1S/C12H21N3O2S/c1-8(16)6-7-15(5)11(17)9-10(12(2,3)4)13-14-18-9/h8,16H,6-7H2,1-5H3. The molecule has 1 aromatic heterocycles. The second kappa shape index (κ2) is 5.75. The van der Waals surface area contributed by atoms with Crippen LogP contribution in [0, 0.1) is 0 Å². The van der Waals surface area contributed by atoms with Crippen LogP contribution in [0.3, 0.4) is 0 Å². The van der Waals surface area contributed by atoms with Crippen LogP contribution in [0.1, 0.15) is 49.5 Å². The smallest absolute Gasteiger partial charge is 0.267 e. The number of carbonyl (C=O) groups excluding carboxylic acids is 1. The fourth-order valence-electron chi connectivity index (χ4n) is 1.48. The van der Waals surface area contributed by atoms with E-state index >= 15 is 0 Å². The van der Waals surface area contributed by atoms with Gasteiger partial charge in [0.25, 0.3) is 5.91 Å². The molecule has 0 bridgehead atoms. The highest BCUT2D eigenvalue weighted by atomic mass is 32.1. The third kappa shape index (κ3) is 3.74. The number of aromatic nitrogens is 2. The first-order chi connectivity index (χ1) is 8.23. The molecular formula is C12H21N3O2S. The lowest BCUT2D eigenvalue weighted by Gasteiger charge is -2.20. The van der Waals surface area contributed by atoms with Gasteiger partial charge in [0, 0.05) is 19.0 Å². The van der Waals surface area contributed by atoms with Gasteiger partial charge in [-0.05, 0) is 24.9 Å². The van der Waals surface area contributed by atoms with Gasteiger partial charge in [0.2, 0.25) is 0 Å². The van der Waals surface area contributed by atoms with Crippen LogP contribution >= 0.6 is 11.5 Å². The molecule has 0 radical (unpaired) electrons. The summed E-state index contributed by atoms with van der Waals surface area (Å²) in [5.74, 6) is -0.0735. The fraction of sp³-hybridized carbons (Fsp3) is 0.750. The van der Waals surface area contributed by atoms with Crippen molar-refractivity contribution in [3.05, 3.63) is 10.6 Å². The lowest BCUT2D eigenvalue weighted by molar-refractivity contribution is 0.0771. The third-order valence-corrected chi connectivity index (χ3v) is 3.34. The normalized spacial score (nSPS) is 13.4. The van der Waals surface area contributed by atoms with Crippen molar-refractivity contribution in [2.24, 2.45) is 0 Å². The summed E-state index contributed by atoms with van der Waals surface area (Å²) in [4.78, 5) is 14.5. The van der Waals surface area contributed by atoms with Crippen molar-refractivity contribution in [1.82, 2.24) is 14.5 Å².